The highest BCUT2D eigenvalue weighted by atomic mass is 19.4. The molecule has 21 heavy (non-hydrogen) atoms. The lowest BCUT2D eigenvalue weighted by Gasteiger charge is -2.30. The van der Waals surface area contributed by atoms with Crippen LogP contribution in [0.1, 0.15) is 24.0 Å². The molecule has 0 saturated carbocycles. The minimum atomic E-state index is -4.44. The lowest BCUT2D eigenvalue weighted by atomic mass is 10.1. The van der Waals surface area contributed by atoms with Crippen molar-refractivity contribution in [1.82, 2.24) is 4.90 Å². The molecule has 1 N–H and O–H groups in total. The van der Waals surface area contributed by atoms with E-state index in [1.807, 2.05) is 19.0 Å². The molecule has 0 bridgehead atoms. The van der Waals surface area contributed by atoms with Gasteiger partial charge in [0.1, 0.15) is 0 Å². The van der Waals surface area contributed by atoms with Gasteiger partial charge in [-0.15, -0.1) is 0 Å². The molecule has 0 aromatic heterocycles. The average Bonchev–Trinajstić information content (AvgIpc) is 2.84. The Morgan fingerprint density at radius 3 is 2.62 bits per heavy atom. The number of alkyl halides is 3. The molecule has 1 saturated heterocycles. The molecule has 1 aliphatic rings. The molecule has 1 unspecified atom stereocenters. The van der Waals surface area contributed by atoms with Crippen molar-refractivity contribution in [1.29, 1.82) is 0 Å². The maximum absolute atomic E-state index is 13.1. The number of hydrogen-bond donors (Lipinski definition) is 1. The van der Waals surface area contributed by atoms with E-state index in [9.17, 15) is 13.2 Å². The number of aliphatic hydroxyl groups excluding tert-OH is 1. The van der Waals surface area contributed by atoms with Crippen molar-refractivity contribution < 1.29 is 18.3 Å². The van der Waals surface area contributed by atoms with Crippen LogP contribution in [0.15, 0.2) is 18.2 Å². The lowest BCUT2D eigenvalue weighted by molar-refractivity contribution is -0.138. The third-order valence-corrected chi connectivity index (χ3v) is 3.85. The Hall–Kier alpha value is -1.27. The molecular formula is C15H21F3N2O. The van der Waals surface area contributed by atoms with Crippen LogP contribution >= 0.6 is 0 Å². The standard InChI is InChI=1S/C15H21F3N2O/c1-19(2)9-13-4-3-7-20(13)12-6-5-11(10-21)14(8-12)15(16,17)18/h5-6,8,13,21H,3-4,7,9-10H2,1-2H3. The molecule has 1 aliphatic heterocycles. The van der Waals surface area contributed by atoms with E-state index < -0.39 is 18.3 Å². The van der Waals surface area contributed by atoms with Crippen LogP contribution in [-0.2, 0) is 12.8 Å². The zero-order chi connectivity index (χ0) is 15.6. The third-order valence-electron chi connectivity index (χ3n) is 3.85. The van der Waals surface area contributed by atoms with Crippen molar-refractivity contribution in [3.05, 3.63) is 29.3 Å². The highest BCUT2D eigenvalue weighted by Gasteiger charge is 2.34. The second-order valence-electron chi connectivity index (χ2n) is 5.75. The highest BCUT2D eigenvalue weighted by Crippen LogP contribution is 2.36. The summed E-state index contributed by atoms with van der Waals surface area (Å²) in [4.78, 5) is 4.09. The minimum Gasteiger partial charge on any atom is -0.392 e. The van der Waals surface area contributed by atoms with Crippen LogP contribution in [0.4, 0.5) is 18.9 Å². The fraction of sp³-hybridized carbons (Fsp3) is 0.600. The van der Waals surface area contributed by atoms with Crippen molar-refractivity contribution >= 4 is 5.69 Å². The van der Waals surface area contributed by atoms with Crippen molar-refractivity contribution in [2.75, 3.05) is 32.1 Å². The molecule has 6 heteroatoms. The first-order chi connectivity index (χ1) is 9.82. The fourth-order valence-electron chi connectivity index (χ4n) is 2.93. The van der Waals surface area contributed by atoms with Crippen LogP contribution in [0.2, 0.25) is 0 Å². The van der Waals surface area contributed by atoms with Gasteiger partial charge in [-0.3, -0.25) is 0 Å². The number of likely N-dealkylation sites (N-methyl/N-ethyl adjacent to an activating group) is 1. The Morgan fingerprint density at radius 2 is 2.05 bits per heavy atom. The van der Waals surface area contributed by atoms with E-state index >= 15 is 0 Å². The van der Waals surface area contributed by atoms with E-state index in [1.54, 1.807) is 6.07 Å². The molecule has 1 aromatic rings. The smallest absolute Gasteiger partial charge is 0.392 e. The predicted molar refractivity (Wildman–Crippen MR) is 76.3 cm³/mol. The van der Waals surface area contributed by atoms with E-state index in [1.165, 1.54) is 12.1 Å². The van der Waals surface area contributed by atoms with E-state index in [0.29, 0.717) is 5.69 Å². The number of nitrogens with zero attached hydrogens (tertiary/aromatic N) is 2. The van der Waals surface area contributed by atoms with Crippen molar-refractivity contribution in [3.8, 4) is 0 Å². The Morgan fingerprint density at radius 1 is 1.33 bits per heavy atom. The third kappa shape index (κ3) is 3.68. The van der Waals surface area contributed by atoms with Gasteiger partial charge in [0.15, 0.2) is 0 Å². The molecule has 0 radical (unpaired) electrons. The average molecular weight is 302 g/mol. The highest BCUT2D eigenvalue weighted by molar-refractivity contribution is 5.53. The van der Waals surface area contributed by atoms with Crippen LogP contribution in [0, 0.1) is 0 Å². The first-order valence-electron chi connectivity index (χ1n) is 7.05. The van der Waals surface area contributed by atoms with E-state index in [-0.39, 0.29) is 11.6 Å². The van der Waals surface area contributed by atoms with Gasteiger partial charge in [-0.25, -0.2) is 0 Å². The number of halogens is 3. The van der Waals surface area contributed by atoms with Gasteiger partial charge in [-0.1, -0.05) is 6.07 Å². The summed E-state index contributed by atoms with van der Waals surface area (Å²) in [7, 11) is 3.93. The summed E-state index contributed by atoms with van der Waals surface area (Å²) in [5.74, 6) is 0. The second-order valence-corrected chi connectivity index (χ2v) is 5.75. The molecule has 118 valence electrons. The Bertz CT molecular complexity index is 488. The zero-order valence-electron chi connectivity index (χ0n) is 12.3. The normalized spacial score (nSPS) is 19.6. The molecule has 2 rings (SSSR count). The number of rotatable bonds is 4. The first-order valence-corrected chi connectivity index (χ1v) is 7.05. The van der Waals surface area contributed by atoms with Crippen LogP contribution in [0.3, 0.4) is 0 Å². The van der Waals surface area contributed by atoms with Crippen LogP contribution in [0.25, 0.3) is 0 Å². The molecule has 0 aliphatic carbocycles. The monoisotopic (exact) mass is 302 g/mol. The van der Waals surface area contributed by atoms with Gasteiger partial charge in [0.05, 0.1) is 12.2 Å². The van der Waals surface area contributed by atoms with Gasteiger partial charge >= 0.3 is 6.18 Å². The Balaban J connectivity index is 2.31. The maximum Gasteiger partial charge on any atom is 0.416 e. The molecule has 0 amide bonds. The zero-order valence-corrected chi connectivity index (χ0v) is 12.3. The molecule has 1 fully saturated rings. The predicted octanol–water partition coefficient (Wildman–Crippen LogP) is 2.73. The van der Waals surface area contributed by atoms with Crippen LogP contribution < -0.4 is 4.90 Å². The number of aliphatic hydroxyl groups is 1. The molecule has 1 aromatic carbocycles. The van der Waals surface area contributed by atoms with E-state index in [2.05, 4.69) is 4.90 Å². The topological polar surface area (TPSA) is 26.7 Å². The van der Waals surface area contributed by atoms with Crippen LogP contribution in [0.5, 0.6) is 0 Å². The first kappa shape index (κ1) is 16.1. The fourth-order valence-corrected chi connectivity index (χ4v) is 2.93. The minimum absolute atomic E-state index is 0.0744. The molecule has 0 spiro atoms. The largest absolute Gasteiger partial charge is 0.416 e. The van der Waals surface area contributed by atoms with Crippen molar-refractivity contribution in [2.24, 2.45) is 0 Å². The van der Waals surface area contributed by atoms with Gasteiger partial charge in [0, 0.05) is 24.8 Å². The molecular weight excluding hydrogens is 281 g/mol. The van der Waals surface area contributed by atoms with E-state index in [4.69, 9.17) is 5.11 Å². The van der Waals surface area contributed by atoms with Gasteiger partial charge in [-0.2, -0.15) is 13.2 Å². The SMILES string of the molecule is CN(C)CC1CCCN1c1ccc(CO)c(C(F)(F)F)c1. The molecule has 3 nitrogen and oxygen atoms in total. The quantitative estimate of drug-likeness (QED) is 0.926. The Labute approximate surface area is 123 Å². The van der Waals surface area contributed by atoms with Gasteiger partial charge in [-0.05, 0) is 44.6 Å². The van der Waals surface area contributed by atoms with Crippen LogP contribution in [-0.4, -0.2) is 43.2 Å². The van der Waals surface area contributed by atoms with Gasteiger partial charge in [0.2, 0.25) is 0 Å². The van der Waals surface area contributed by atoms with Crippen molar-refractivity contribution in [3.63, 3.8) is 0 Å². The van der Waals surface area contributed by atoms with Crippen molar-refractivity contribution in [2.45, 2.75) is 31.7 Å². The summed E-state index contributed by atoms with van der Waals surface area (Å²) in [6.45, 7) is 0.994. The number of anilines is 1. The Kier molecular flexibility index (Phi) is 4.78. The lowest BCUT2D eigenvalue weighted by Crippen LogP contribution is -2.37. The van der Waals surface area contributed by atoms with E-state index in [0.717, 1.165) is 25.9 Å². The number of benzene rings is 1. The summed E-state index contributed by atoms with van der Waals surface area (Å²) >= 11 is 0. The summed E-state index contributed by atoms with van der Waals surface area (Å²) in [6, 6.07) is 4.46. The molecule has 1 heterocycles. The molecule has 1 atom stereocenters. The maximum atomic E-state index is 13.1. The van der Waals surface area contributed by atoms with Gasteiger partial charge in [0.25, 0.3) is 0 Å². The number of hydrogen-bond acceptors (Lipinski definition) is 3. The summed E-state index contributed by atoms with van der Waals surface area (Å²) in [5.41, 5.74) is -0.225. The summed E-state index contributed by atoms with van der Waals surface area (Å²) < 4.78 is 39.2. The summed E-state index contributed by atoms with van der Waals surface area (Å²) in [5, 5.41) is 9.09. The van der Waals surface area contributed by atoms with Gasteiger partial charge < -0.3 is 14.9 Å². The summed E-state index contributed by atoms with van der Waals surface area (Å²) in [6.07, 6.45) is -2.46. The second kappa shape index (κ2) is 6.23.